The van der Waals surface area contributed by atoms with Crippen LogP contribution in [0.1, 0.15) is 38.3 Å². The highest BCUT2D eigenvalue weighted by Gasteiger charge is 2.28. The first-order valence-corrected chi connectivity index (χ1v) is 9.01. The fraction of sp³-hybridized carbons (Fsp3) is 0.222. The summed E-state index contributed by atoms with van der Waals surface area (Å²) in [6.07, 6.45) is 3.06. The Morgan fingerprint density at radius 1 is 1.36 bits per heavy atom. The predicted octanol–water partition coefficient (Wildman–Crippen LogP) is 3.62. The van der Waals surface area contributed by atoms with Crippen LogP contribution in [-0.2, 0) is 12.8 Å². The maximum absolute atomic E-state index is 12.8. The summed E-state index contributed by atoms with van der Waals surface area (Å²) in [5.41, 5.74) is 1.17. The van der Waals surface area contributed by atoms with E-state index in [1.807, 2.05) is 12.1 Å². The molecule has 0 saturated carbocycles. The summed E-state index contributed by atoms with van der Waals surface area (Å²) in [5.74, 6) is -1.41. The van der Waals surface area contributed by atoms with E-state index in [0.29, 0.717) is 20.8 Å². The van der Waals surface area contributed by atoms with Gasteiger partial charge in [0.25, 0.3) is 5.56 Å². The molecule has 4 rings (SSSR count). The summed E-state index contributed by atoms with van der Waals surface area (Å²) in [7, 11) is 0. The average molecular weight is 370 g/mol. The summed E-state index contributed by atoms with van der Waals surface area (Å²) in [5, 5.41) is 10.3. The van der Waals surface area contributed by atoms with Crippen LogP contribution < -0.4 is 5.56 Å². The quantitative estimate of drug-likeness (QED) is 0.714. The number of hydrogen-bond donors (Lipinski definition) is 1. The predicted molar refractivity (Wildman–Crippen MR) is 96.4 cm³/mol. The Hall–Kier alpha value is -2.49. The highest BCUT2D eigenvalue weighted by Crippen LogP contribution is 2.33. The maximum Gasteiger partial charge on any atom is 0.258 e. The topological polar surface area (TPSA) is 86.6 Å². The van der Waals surface area contributed by atoms with E-state index in [4.69, 9.17) is 11.6 Å². The summed E-state index contributed by atoms with van der Waals surface area (Å²) in [4.78, 5) is 33.7. The lowest BCUT2D eigenvalue weighted by atomic mass is 10.0. The number of aromatic nitrogens is 2. The second-order valence-electron chi connectivity index (χ2n) is 5.95. The van der Waals surface area contributed by atoms with Crippen molar-refractivity contribution in [2.75, 3.05) is 0 Å². The number of nitriles is 1. The summed E-state index contributed by atoms with van der Waals surface area (Å²) < 4.78 is 0. The number of carbonyl (C=O) groups excluding carboxylic acids is 1. The zero-order chi connectivity index (χ0) is 17.6. The number of nitrogens with zero attached hydrogens (tertiary/aromatic N) is 2. The van der Waals surface area contributed by atoms with Crippen LogP contribution in [0.5, 0.6) is 0 Å². The zero-order valence-corrected chi connectivity index (χ0v) is 14.6. The standard InChI is InChI=1S/C18H12ClN3O2S/c19-10-4-5-11-13(7-10)21-17(22-18(11)24)12(8-20)16(23)15-6-9-2-1-3-14(9)25-15/h4-7,12H,1-3H2,(H,21,22,24)/t12-/m1/s1. The molecule has 1 aliphatic rings. The van der Waals surface area contributed by atoms with Crippen LogP contribution in [-0.4, -0.2) is 15.8 Å². The molecule has 0 aliphatic heterocycles. The Bertz CT molecular complexity index is 1090. The van der Waals surface area contributed by atoms with E-state index in [1.54, 1.807) is 18.2 Å². The van der Waals surface area contributed by atoms with E-state index in [1.165, 1.54) is 21.8 Å². The molecule has 0 fully saturated rings. The molecule has 2 heterocycles. The molecule has 1 N–H and O–H groups in total. The number of carbonyl (C=O) groups is 1. The molecular formula is C18H12ClN3O2S. The van der Waals surface area contributed by atoms with E-state index in [2.05, 4.69) is 9.97 Å². The molecule has 2 aromatic heterocycles. The highest BCUT2D eigenvalue weighted by molar-refractivity contribution is 7.14. The highest BCUT2D eigenvalue weighted by atomic mass is 35.5. The summed E-state index contributed by atoms with van der Waals surface area (Å²) in [6.45, 7) is 0. The molecular weight excluding hydrogens is 358 g/mol. The fourth-order valence-electron chi connectivity index (χ4n) is 3.10. The van der Waals surface area contributed by atoms with Crippen LogP contribution in [0.15, 0.2) is 29.1 Å². The third kappa shape index (κ3) is 2.76. The van der Waals surface area contributed by atoms with E-state index in [-0.39, 0.29) is 11.6 Å². The van der Waals surface area contributed by atoms with Crippen molar-refractivity contribution < 1.29 is 4.79 Å². The Morgan fingerprint density at radius 2 is 2.20 bits per heavy atom. The number of rotatable bonds is 3. The van der Waals surface area contributed by atoms with Gasteiger partial charge in [-0.2, -0.15) is 5.26 Å². The minimum absolute atomic E-state index is 0.0563. The minimum Gasteiger partial charge on any atom is -0.308 e. The van der Waals surface area contributed by atoms with Gasteiger partial charge >= 0.3 is 0 Å². The molecule has 0 saturated heterocycles. The second-order valence-corrected chi connectivity index (χ2v) is 7.52. The monoisotopic (exact) mass is 369 g/mol. The Labute approximate surface area is 151 Å². The van der Waals surface area contributed by atoms with E-state index in [0.717, 1.165) is 19.3 Å². The van der Waals surface area contributed by atoms with Crippen molar-refractivity contribution in [3.63, 3.8) is 0 Å². The third-order valence-electron chi connectivity index (χ3n) is 4.34. The van der Waals surface area contributed by atoms with Crippen molar-refractivity contribution in [3.8, 4) is 6.07 Å². The van der Waals surface area contributed by atoms with Gasteiger partial charge in [-0.3, -0.25) is 9.59 Å². The van der Waals surface area contributed by atoms with Crippen molar-refractivity contribution in [3.05, 3.63) is 60.8 Å². The number of hydrogen-bond acceptors (Lipinski definition) is 5. The summed E-state index contributed by atoms with van der Waals surface area (Å²) in [6, 6.07) is 8.57. The van der Waals surface area contributed by atoms with Crippen LogP contribution in [0.3, 0.4) is 0 Å². The molecule has 0 bridgehead atoms. The van der Waals surface area contributed by atoms with Crippen molar-refractivity contribution in [2.24, 2.45) is 0 Å². The van der Waals surface area contributed by atoms with Gasteiger partial charge in [0.1, 0.15) is 5.82 Å². The van der Waals surface area contributed by atoms with Gasteiger partial charge in [0, 0.05) is 9.90 Å². The van der Waals surface area contributed by atoms with Crippen molar-refractivity contribution in [1.82, 2.24) is 9.97 Å². The largest absolute Gasteiger partial charge is 0.308 e. The lowest BCUT2D eigenvalue weighted by Crippen LogP contribution is -2.19. The van der Waals surface area contributed by atoms with Crippen molar-refractivity contribution >= 4 is 39.6 Å². The normalized spacial score (nSPS) is 14.2. The molecule has 0 radical (unpaired) electrons. The van der Waals surface area contributed by atoms with E-state index >= 15 is 0 Å². The molecule has 124 valence electrons. The number of aryl methyl sites for hydroxylation is 2. The molecule has 7 heteroatoms. The molecule has 25 heavy (non-hydrogen) atoms. The zero-order valence-electron chi connectivity index (χ0n) is 13.0. The van der Waals surface area contributed by atoms with Gasteiger partial charge in [-0.25, -0.2) is 4.98 Å². The molecule has 1 aliphatic carbocycles. The lowest BCUT2D eigenvalue weighted by molar-refractivity contribution is 0.0980. The van der Waals surface area contributed by atoms with Gasteiger partial charge in [0.2, 0.25) is 0 Å². The minimum atomic E-state index is -1.14. The number of benzene rings is 1. The Morgan fingerprint density at radius 3 is 2.96 bits per heavy atom. The summed E-state index contributed by atoms with van der Waals surface area (Å²) >= 11 is 7.39. The maximum atomic E-state index is 12.8. The number of thiophene rings is 1. The number of fused-ring (bicyclic) bond motifs is 2. The van der Waals surface area contributed by atoms with E-state index in [9.17, 15) is 14.9 Å². The molecule has 0 amide bonds. The van der Waals surface area contributed by atoms with Crippen LogP contribution >= 0.6 is 22.9 Å². The fourth-order valence-corrected chi connectivity index (χ4v) is 4.49. The second kappa shape index (κ2) is 6.10. The Kier molecular flexibility index (Phi) is 3.91. The first-order chi connectivity index (χ1) is 12.1. The third-order valence-corrected chi connectivity index (χ3v) is 5.83. The molecule has 3 aromatic rings. The molecule has 5 nitrogen and oxygen atoms in total. The van der Waals surface area contributed by atoms with Crippen molar-refractivity contribution in [2.45, 2.75) is 25.2 Å². The van der Waals surface area contributed by atoms with Gasteiger partial charge in [0.15, 0.2) is 11.7 Å². The van der Waals surface area contributed by atoms with Gasteiger partial charge in [-0.15, -0.1) is 11.3 Å². The first kappa shape index (κ1) is 16.0. The Balaban J connectivity index is 1.78. The lowest BCUT2D eigenvalue weighted by Gasteiger charge is -2.08. The van der Waals surface area contributed by atoms with Crippen molar-refractivity contribution in [1.29, 1.82) is 5.26 Å². The molecule has 1 aromatic carbocycles. The average Bonchev–Trinajstić information content (AvgIpc) is 3.16. The van der Waals surface area contributed by atoms with Crippen LogP contribution in [0, 0.1) is 11.3 Å². The molecule has 0 unspecified atom stereocenters. The molecule has 0 spiro atoms. The number of H-pyrrole nitrogens is 1. The number of ketones is 1. The first-order valence-electron chi connectivity index (χ1n) is 7.81. The van der Waals surface area contributed by atoms with Gasteiger partial charge in [-0.05, 0) is 49.1 Å². The van der Waals surface area contributed by atoms with Crippen LogP contribution in [0.4, 0.5) is 0 Å². The van der Waals surface area contributed by atoms with E-state index < -0.39 is 11.5 Å². The van der Waals surface area contributed by atoms with Crippen LogP contribution in [0.25, 0.3) is 10.9 Å². The van der Waals surface area contributed by atoms with Gasteiger partial charge in [-0.1, -0.05) is 11.6 Å². The SMILES string of the molecule is N#C[C@H](C(=O)c1cc2c(s1)CCC2)c1nc2cc(Cl)ccc2c(=O)[nH]1. The van der Waals surface area contributed by atoms with Gasteiger partial charge in [0.05, 0.1) is 21.8 Å². The number of aromatic amines is 1. The van der Waals surface area contributed by atoms with Crippen LogP contribution in [0.2, 0.25) is 5.02 Å². The number of Topliss-reactive ketones (excluding diaryl/α,β-unsaturated/α-hetero) is 1. The smallest absolute Gasteiger partial charge is 0.258 e. The molecule has 1 atom stereocenters. The number of nitrogens with one attached hydrogen (secondary N) is 1. The number of halogens is 1. The van der Waals surface area contributed by atoms with Gasteiger partial charge < -0.3 is 4.98 Å².